The lowest BCUT2D eigenvalue weighted by molar-refractivity contribution is 0.0955. The molecule has 4 heteroatoms. The Hall–Kier alpha value is -3.14. The van der Waals surface area contributed by atoms with Gasteiger partial charge in [0.2, 0.25) is 0 Å². The number of amides is 1. The number of aromatic hydroxyl groups is 1. The molecule has 4 nitrogen and oxygen atoms in total. The number of nitrogens with zero attached hydrogens (tertiary/aromatic N) is 1. The average molecular weight is 290 g/mol. The highest BCUT2D eigenvalue weighted by Gasteiger charge is 2.04. The third-order valence-electron chi connectivity index (χ3n) is 3.28. The number of hydrazone groups is 1. The minimum Gasteiger partial charge on any atom is -0.508 e. The molecule has 3 aromatic rings. The third-order valence-corrected chi connectivity index (χ3v) is 3.28. The molecular formula is C18H14N2O2. The van der Waals surface area contributed by atoms with E-state index in [-0.39, 0.29) is 11.7 Å². The van der Waals surface area contributed by atoms with Crippen LogP contribution in [0.2, 0.25) is 0 Å². The van der Waals surface area contributed by atoms with Crippen LogP contribution in [0.4, 0.5) is 0 Å². The molecule has 2 N–H and O–H groups in total. The van der Waals surface area contributed by atoms with Crippen molar-refractivity contribution < 1.29 is 9.90 Å². The molecule has 0 spiro atoms. The predicted octanol–water partition coefficient (Wildman–Crippen LogP) is 3.31. The van der Waals surface area contributed by atoms with E-state index in [2.05, 4.69) is 10.5 Å². The molecule has 0 aliphatic carbocycles. The van der Waals surface area contributed by atoms with Gasteiger partial charge in [0.15, 0.2) is 0 Å². The zero-order valence-electron chi connectivity index (χ0n) is 11.7. The fraction of sp³-hybridized carbons (Fsp3) is 0. The minimum absolute atomic E-state index is 0.192. The van der Waals surface area contributed by atoms with Gasteiger partial charge in [-0.1, -0.05) is 30.3 Å². The van der Waals surface area contributed by atoms with E-state index in [1.807, 2.05) is 36.4 Å². The number of nitrogens with one attached hydrogen (secondary N) is 1. The van der Waals surface area contributed by atoms with Crippen LogP contribution in [0.5, 0.6) is 5.75 Å². The van der Waals surface area contributed by atoms with Crippen LogP contribution in [-0.2, 0) is 0 Å². The summed E-state index contributed by atoms with van der Waals surface area (Å²) in [6.45, 7) is 0. The van der Waals surface area contributed by atoms with Crippen LogP contribution >= 0.6 is 0 Å². The molecule has 0 aliphatic rings. The minimum atomic E-state index is -0.263. The second-order valence-electron chi connectivity index (χ2n) is 4.85. The Kier molecular flexibility index (Phi) is 3.83. The number of benzene rings is 3. The first-order chi connectivity index (χ1) is 10.7. The molecule has 0 atom stereocenters. The fourth-order valence-electron chi connectivity index (χ4n) is 2.12. The van der Waals surface area contributed by atoms with E-state index in [0.717, 1.165) is 16.3 Å². The van der Waals surface area contributed by atoms with Crippen LogP contribution in [-0.4, -0.2) is 17.2 Å². The van der Waals surface area contributed by atoms with Gasteiger partial charge in [-0.15, -0.1) is 0 Å². The maximum Gasteiger partial charge on any atom is 0.271 e. The van der Waals surface area contributed by atoms with Gasteiger partial charge in [-0.05, 0) is 52.7 Å². The van der Waals surface area contributed by atoms with Crippen molar-refractivity contribution in [3.8, 4) is 5.75 Å². The normalized spacial score (nSPS) is 10.9. The van der Waals surface area contributed by atoms with E-state index in [4.69, 9.17) is 0 Å². The lowest BCUT2D eigenvalue weighted by atomic mass is 10.1. The highest BCUT2D eigenvalue weighted by molar-refractivity contribution is 5.98. The van der Waals surface area contributed by atoms with Crippen LogP contribution in [0, 0.1) is 0 Å². The smallest absolute Gasteiger partial charge is 0.271 e. The van der Waals surface area contributed by atoms with Crippen LogP contribution in [0.15, 0.2) is 71.8 Å². The molecule has 3 rings (SSSR count). The number of carbonyl (C=O) groups is 1. The lowest BCUT2D eigenvalue weighted by Crippen LogP contribution is -2.17. The van der Waals surface area contributed by atoms with Crippen LogP contribution in [0.1, 0.15) is 15.9 Å². The van der Waals surface area contributed by atoms with Crippen LogP contribution in [0.3, 0.4) is 0 Å². The van der Waals surface area contributed by atoms with E-state index in [0.29, 0.717) is 5.56 Å². The summed E-state index contributed by atoms with van der Waals surface area (Å²) in [7, 11) is 0. The summed E-state index contributed by atoms with van der Waals surface area (Å²) >= 11 is 0. The Balaban J connectivity index is 1.71. The maximum atomic E-state index is 12.1. The van der Waals surface area contributed by atoms with Gasteiger partial charge in [0.05, 0.1) is 6.21 Å². The van der Waals surface area contributed by atoms with E-state index in [1.165, 1.54) is 6.21 Å². The van der Waals surface area contributed by atoms with Crippen molar-refractivity contribution in [3.63, 3.8) is 0 Å². The first-order valence-corrected chi connectivity index (χ1v) is 6.83. The largest absolute Gasteiger partial charge is 0.508 e. The Morgan fingerprint density at radius 3 is 2.45 bits per heavy atom. The summed E-state index contributed by atoms with van der Waals surface area (Å²) < 4.78 is 0. The van der Waals surface area contributed by atoms with Gasteiger partial charge in [0.25, 0.3) is 5.91 Å². The fourth-order valence-corrected chi connectivity index (χ4v) is 2.12. The molecule has 0 fully saturated rings. The number of hydrogen-bond acceptors (Lipinski definition) is 3. The molecule has 1 amide bonds. The van der Waals surface area contributed by atoms with Crippen molar-refractivity contribution >= 4 is 22.9 Å². The first kappa shape index (κ1) is 13.8. The van der Waals surface area contributed by atoms with E-state index >= 15 is 0 Å². The molecule has 108 valence electrons. The van der Waals surface area contributed by atoms with Crippen molar-refractivity contribution in [2.45, 2.75) is 0 Å². The summed E-state index contributed by atoms with van der Waals surface area (Å²) in [6, 6.07) is 19.9. The van der Waals surface area contributed by atoms with Crippen LogP contribution in [0.25, 0.3) is 10.8 Å². The molecule has 0 aromatic heterocycles. The molecule has 22 heavy (non-hydrogen) atoms. The summed E-state index contributed by atoms with van der Waals surface area (Å²) in [5.41, 5.74) is 3.84. The Morgan fingerprint density at radius 2 is 1.68 bits per heavy atom. The Morgan fingerprint density at radius 1 is 0.955 bits per heavy atom. The van der Waals surface area contributed by atoms with Crippen molar-refractivity contribution in [2.75, 3.05) is 0 Å². The summed E-state index contributed by atoms with van der Waals surface area (Å²) in [5, 5.41) is 15.2. The van der Waals surface area contributed by atoms with E-state index < -0.39 is 0 Å². The molecule has 0 saturated heterocycles. The molecule has 0 unspecified atom stereocenters. The SMILES string of the molecule is O=C(N/N=C\c1ccc(O)cc1)c1ccc2ccccc2c1. The monoisotopic (exact) mass is 290 g/mol. The average Bonchev–Trinajstić information content (AvgIpc) is 2.56. The molecule has 0 radical (unpaired) electrons. The van der Waals surface area contributed by atoms with Gasteiger partial charge >= 0.3 is 0 Å². The molecular weight excluding hydrogens is 276 g/mol. The number of fused-ring (bicyclic) bond motifs is 1. The van der Waals surface area contributed by atoms with Gasteiger partial charge in [-0.2, -0.15) is 5.10 Å². The molecule has 0 aliphatic heterocycles. The highest BCUT2D eigenvalue weighted by Crippen LogP contribution is 2.15. The van der Waals surface area contributed by atoms with Crippen molar-refractivity contribution in [3.05, 3.63) is 77.9 Å². The molecule has 0 saturated carbocycles. The van der Waals surface area contributed by atoms with Crippen molar-refractivity contribution in [2.24, 2.45) is 5.10 Å². The third kappa shape index (κ3) is 3.12. The maximum absolute atomic E-state index is 12.1. The number of hydrogen-bond donors (Lipinski definition) is 2. The second kappa shape index (κ2) is 6.10. The Labute approximate surface area is 127 Å². The summed E-state index contributed by atoms with van der Waals surface area (Å²) in [5.74, 6) is -0.0712. The number of rotatable bonds is 3. The van der Waals surface area contributed by atoms with Gasteiger partial charge in [-0.3, -0.25) is 4.79 Å². The predicted molar refractivity (Wildman–Crippen MR) is 87.1 cm³/mol. The zero-order valence-corrected chi connectivity index (χ0v) is 11.7. The van der Waals surface area contributed by atoms with Gasteiger partial charge in [0, 0.05) is 5.56 Å². The number of phenolic OH excluding ortho intramolecular Hbond substituents is 1. The van der Waals surface area contributed by atoms with E-state index in [1.54, 1.807) is 30.3 Å². The molecule has 0 heterocycles. The van der Waals surface area contributed by atoms with Crippen molar-refractivity contribution in [1.82, 2.24) is 5.43 Å². The topological polar surface area (TPSA) is 61.7 Å². The van der Waals surface area contributed by atoms with Crippen LogP contribution < -0.4 is 5.43 Å². The lowest BCUT2D eigenvalue weighted by Gasteiger charge is -2.02. The number of carbonyl (C=O) groups excluding carboxylic acids is 1. The number of phenols is 1. The van der Waals surface area contributed by atoms with Gasteiger partial charge < -0.3 is 5.11 Å². The summed E-state index contributed by atoms with van der Waals surface area (Å²) in [4.78, 5) is 12.1. The zero-order chi connectivity index (χ0) is 15.4. The van der Waals surface area contributed by atoms with Gasteiger partial charge in [-0.25, -0.2) is 5.43 Å². The van der Waals surface area contributed by atoms with E-state index in [9.17, 15) is 9.90 Å². The molecule has 0 bridgehead atoms. The van der Waals surface area contributed by atoms with Gasteiger partial charge in [0.1, 0.15) is 5.75 Å². The Bertz CT molecular complexity index is 839. The standard InChI is InChI=1S/C18H14N2O2/c21-17-9-5-13(6-10-17)12-19-20-18(22)16-8-7-14-3-1-2-4-15(14)11-16/h1-12,21H,(H,20,22)/b19-12-. The molecule has 3 aromatic carbocycles. The summed E-state index contributed by atoms with van der Waals surface area (Å²) in [6.07, 6.45) is 1.53. The highest BCUT2D eigenvalue weighted by atomic mass is 16.3. The quantitative estimate of drug-likeness (QED) is 0.574. The second-order valence-corrected chi connectivity index (χ2v) is 4.85. The first-order valence-electron chi connectivity index (χ1n) is 6.83. The van der Waals surface area contributed by atoms with Crippen molar-refractivity contribution in [1.29, 1.82) is 0 Å².